The monoisotopic (exact) mass is 575 g/mol. The van der Waals surface area contributed by atoms with Crippen LogP contribution in [-0.4, -0.2) is 5.91 Å². The molecule has 0 radical (unpaired) electrons. The van der Waals surface area contributed by atoms with Crippen LogP contribution in [-0.2, 0) is 24.2 Å². The van der Waals surface area contributed by atoms with Crippen molar-refractivity contribution in [3.8, 4) is 17.9 Å². The molecule has 0 atom stereocenters. The lowest BCUT2D eigenvalue weighted by molar-refractivity contribution is -0.112. The molecule has 4 rings (SSSR count). The van der Waals surface area contributed by atoms with E-state index in [2.05, 4.69) is 11.4 Å². The van der Waals surface area contributed by atoms with E-state index in [0.29, 0.717) is 26.2 Å². The van der Waals surface area contributed by atoms with Crippen LogP contribution in [0.5, 0.6) is 5.75 Å². The molecule has 0 spiro atoms. The standard InChI is InChI=1S/C26H17Cl4N3O2S/c27-19-6-5-14(8-20(19)28)13-35-24-21(29)9-15(10-22(24)30)7-16(11-31)25(34)33-26-18(12-32)17-3-1-2-4-23(17)36-26/h5-10H,1-4,13H2,(H,33,34)/b16-7+. The molecule has 1 N–H and O–H groups in total. The number of carbonyl (C=O) groups is 1. The number of amides is 1. The normalized spacial score (nSPS) is 12.9. The molecule has 0 unspecified atom stereocenters. The predicted octanol–water partition coefficient (Wildman–Crippen LogP) is 8.24. The highest BCUT2D eigenvalue weighted by Crippen LogP contribution is 2.38. The van der Waals surface area contributed by atoms with E-state index in [4.69, 9.17) is 51.1 Å². The molecule has 182 valence electrons. The third kappa shape index (κ3) is 5.81. The lowest BCUT2D eigenvalue weighted by Crippen LogP contribution is -2.13. The van der Waals surface area contributed by atoms with Gasteiger partial charge in [-0.2, -0.15) is 10.5 Å². The van der Waals surface area contributed by atoms with Crippen molar-refractivity contribution < 1.29 is 9.53 Å². The number of carbonyl (C=O) groups excluding carboxylic acids is 1. The number of hydrogen-bond acceptors (Lipinski definition) is 5. The van der Waals surface area contributed by atoms with Gasteiger partial charge in [0.1, 0.15) is 29.3 Å². The van der Waals surface area contributed by atoms with E-state index in [1.807, 2.05) is 6.07 Å². The van der Waals surface area contributed by atoms with Gasteiger partial charge >= 0.3 is 0 Å². The molecule has 1 aliphatic carbocycles. The summed E-state index contributed by atoms with van der Waals surface area (Å²) in [5.74, 6) is -0.355. The van der Waals surface area contributed by atoms with Gasteiger partial charge in [-0.25, -0.2) is 0 Å². The second kappa shape index (κ2) is 11.6. The summed E-state index contributed by atoms with van der Waals surface area (Å²) in [5.41, 5.74) is 2.55. The summed E-state index contributed by atoms with van der Waals surface area (Å²) >= 11 is 26.2. The molecule has 1 aliphatic rings. The van der Waals surface area contributed by atoms with E-state index in [1.165, 1.54) is 17.4 Å². The first-order valence-corrected chi connectivity index (χ1v) is 13.2. The molecule has 1 heterocycles. The van der Waals surface area contributed by atoms with Gasteiger partial charge in [0.25, 0.3) is 5.91 Å². The van der Waals surface area contributed by atoms with Crippen molar-refractivity contribution in [2.75, 3.05) is 5.32 Å². The Kier molecular flexibility index (Phi) is 8.46. The number of thiophene rings is 1. The summed E-state index contributed by atoms with van der Waals surface area (Å²) in [4.78, 5) is 14.0. The highest BCUT2D eigenvalue weighted by molar-refractivity contribution is 7.16. The topological polar surface area (TPSA) is 85.9 Å². The molecular formula is C26H17Cl4N3O2S. The number of aryl methyl sites for hydroxylation is 1. The molecule has 1 amide bonds. The fourth-order valence-corrected chi connectivity index (χ4v) is 6.01. The summed E-state index contributed by atoms with van der Waals surface area (Å²) in [5, 5.41) is 23.7. The summed E-state index contributed by atoms with van der Waals surface area (Å²) in [6, 6.07) is 12.3. The van der Waals surface area contributed by atoms with E-state index >= 15 is 0 Å². The van der Waals surface area contributed by atoms with Crippen LogP contribution in [0.4, 0.5) is 5.00 Å². The Morgan fingerprint density at radius 1 is 1.03 bits per heavy atom. The Bertz CT molecular complexity index is 1440. The highest BCUT2D eigenvalue weighted by Gasteiger charge is 2.23. The molecule has 1 aromatic heterocycles. The number of hydrogen-bond donors (Lipinski definition) is 1. The van der Waals surface area contributed by atoms with Crippen LogP contribution >= 0.6 is 57.7 Å². The number of nitrogens with zero attached hydrogens (tertiary/aromatic N) is 2. The van der Waals surface area contributed by atoms with E-state index in [1.54, 1.807) is 30.3 Å². The first kappa shape index (κ1) is 26.4. The zero-order valence-corrected chi connectivity index (χ0v) is 22.5. The Balaban J connectivity index is 1.52. The van der Waals surface area contributed by atoms with E-state index in [0.717, 1.165) is 41.7 Å². The van der Waals surface area contributed by atoms with E-state index < -0.39 is 5.91 Å². The number of benzene rings is 2. The van der Waals surface area contributed by atoms with Gasteiger partial charge < -0.3 is 10.1 Å². The fourth-order valence-electron chi connectivity index (χ4n) is 3.84. The van der Waals surface area contributed by atoms with Crippen molar-refractivity contribution >= 4 is 74.7 Å². The zero-order chi connectivity index (χ0) is 25.8. The summed E-state index contributed by atoms with van der Waals surface area (Å²) < 4.78 is 5.77. The van der Waals surface area contributed by atoms with Crippen LogP contribution in [0.2, 0.25) is 20.1 Å². The van der Waals surface area contributed by atoms with Crippen molar-refractivity contribution in [3.05, 3.63) is 83.1 Å². The molecule has 36 heavy (non-hydrogen) atoms. The first-order chi connectivity index (χ1) is 17.3. The van der Waals surface area contributed by atoms with Crippen LogP contribution < -0.4 is 10.1 Å². The second-order valence-corrected chi connectivity index (χ2v) is 10.7. The largest absolute Gasteiger partial charge is 0.486 e. The Hall–Kier alpha value is -2.71. The average Bonchev–Trinajstić information content (AvgIpc) is 3.20. The van der Waals surface area contributed by atoms with Crippen molar-refractivity contribution in [3.63, 3.8) is 0 Å². The van der Waals surface area contributed by atoms with Crippen molar-refractivity contribution in [1.29, 1.82) is 10.5 Å². The maximum atomic E-state index is 12.9. The number of fused-ring (bicyclic) bond motifs is 1. The second-order valence-electron chi connectivity index (χ2n) is 8.00. The minimum atomic E-state index is -0.611. The third-order valence-corrected chi connectivity index (χ3v) is 8.08. The van der Waals surface area contributed by atoms with Crippen LogP contribution in [0.25, 0.3) is 6.08 Å². The van der Waals surface area contributed by atoms with E-state index in [9.17, 15) is 15.3 Å². The fraction of sp³-hybridized carbons (Fsp3) is 0.192. The van der Waals surface area contributed by atoms with Gasteiger partial charge in [-0.15, -0.1) is 11.3 Å². The highest BCUT2D eigenvalue weighted by atomic mass is 35.5. The smallest absolute Gasteiger partial charge is 0.266 e. The number of ether oxygens (including phenoxy) is 1. The van der Waals surface area contributed by atoms with Crippen molar-refractivity contribution in [1.82, 2.24) is 0 Å². The number of nitrogens with one attached hydrogen (secondary N) is 1. The molecular weight excluding hydrogens is 560 g/mol. The van der Waals surface area contributed by atoms with Crippen molar-refractivity contribution in [2.24, 2.45) is 0 Å². The lowest BCUT2D eigenvalue weighted by atomic mass is 9.96. The Morgan fingerprint density at radius 3 is 2.42 bits per heavy atom. The van der Waals surface area contributed by atoms with Gasteiger partial charge in [0.15, 0.2) is 5.75 Å². The van der Waals surface area contributed by atoms with E-state index in [-0.39, 0.29) is 28.0 Å². The van der Waals surface area contributed by atoms with Gasteiger partial charge in [0.2, 0.25) is 0 Å². The Morgan fingerprint density at radius 2 is 1.75 bits per heavy atom. The van der Waals surface area contributed by atoms with Crippen LogP contribution in [0.1, 0.15) is 40.0 Å². The maximum absolute atomic E-state index is 12.9. The quantitative estimate of drug-likeness (QED) is 0.236. The summed E-state index contributed by atoms with van der Waals surface area (Å²) in [7, 11) is 0. The molecule has 3 aromatic rings. The van der Waals surface area contributed by atoms with Crippen molar-refractivity contribution in [2.45, 2.75) is 32.3 Å². The molecule has 0 saturated heterocycles. The van der Waals surface area contributed by atoms with Gasteiger partial charge in [-0.3, -0.25) is 4.79 Å². The Labute approximate surface area is 232 Å². The summed E-state index contributed by atoms with van der Waals surface area (Å²) in [6.45, 7) is 0.156. The molecule has 0 bridgehead atoms. The molecule has 0 fully saturated rings. The van der Waals surface area contributed by atoms with Gasteiger partial charge in [-0.1, -0.05) is 52.5 Å². The number of rotatable bonds is 6. The van der Waals surface area contributed by atoms with Crippen LogP contribution in [0.15, 0.2) is 35.9 Å². The maximum Gasteiger partial charge on any atom is 0.266 e. The minimum absolute atomic E-state index is 0.151. The molecule has 0 saturated carbocycles. The molecule has 2 aromatic carbocycles. The molecule has 0 aliphatic heterocycles. The third-order valence-electron chi connectivity index (χ3n) is 5.57. The average molecular weight is 577 g/mol. The lowest BCUT2D eigenvalue weighted by Gasteiger charge is -2.12. The number of nitriles is 2. The molecule has 10 heteroatoms. The van der Waals surface area contributed by atoms with Crippen LogP contribution in [0, 0.1) is 22.7 Å². The van der Waals surface area contributed by atoms with Gasteiger partial charge in [0.05, 0.1) is 25.7 Å². The minimum Gasteiger partial charge on any atom is -0.486 e. The number of halogens is 4. The SMILES string of the molecule is N#C/C(=C\c1cc(Cl)c(OCc2ccc(Cl)c(Cl)c2)c(Cl)c1)C(=O)Nc1sc2c(c1C#N)CCCC2. The van der Waals surface area contributed by atoms with Crippen LogP contribution in [0.3, 0.4) is 0 Å². The first-order valence-electron chi connectivity index (χ1n) is 10.8. The number of anilines is 1. The predicted molar refractivity (Wildman–Crippen MR) is 145 cm³/mol. The zero-order valence-electron chi connectivity index (χ0n) is 18.6. The molecule has 5 nitrogen and oxygen atoms in total. The van der Waals surface area contributed by atoms with Gasteiger partial charge in [0, 0.05) is 4.88 Å². The summed E-state index contributed by atoms with van der Waals surface area (Å²) in [6.07, 6.45) is 5.17. The van der Waals surface area contributed by atoms with Gasteiger partial charge in [-0.05, 0) is 72.7 Å².